The molecule has 3 rings (SSSR count). The minimum Gasteiger partial charge on any atom is -0.376 e. The third kappa shape index (κ3) is 1.32. The van der Waals surface area contributed by atoms with Crippen molar-refractivity contribution in [3.8, 4) is 0 Å². The third-order valence-corrected chi connectivity index (χ3v) is 2.88. The molecule has 1 aromatic heterocycles. The van der Waals surface area contributed by atoms with Crippen LogP contribution in [0.2, 0.25) is 0 Å². The average Bonchev–Trinajstić information content (AvgIpc) is 2.36. The molecule has 17 heavy (non-hydrogen) atoms. The highest BCUT2D eigenvalue weighted by atomic mass is 16.1. The van der Waals surface area contributed by atoms with Gasteiger partial charge in [0.05, 0.1) is 0 Å². The van der Waals surface area contributed by atoms with Gasteiger partial charge in [-0.05, 0) is 12.3 Å². The molecular weight excluding hydrogens is 218 g/mol. The molecule has 0 N–H and O–H groups in total. The molecule has 0 fully saturated rings. The smallest absolute Gasteiger partial charge is 0.214 e. The SMILES string of the molecule is CN1C=CC2=C(C1)C(=O)c1nccnc1C2=O. The lowest BCUT2D eigenvalue weighted by Gasteiger charge is -2.25. The van der Waals surface area contributed by atoms with Gasteiger partial charge in [-0.3, -0.25) is 9.59 Å². The highest BCUT2D eigenvalue weighted by Gasteiger charge is 2.34. The van der Waals surface area contributed by atoms with Gasteiger partial charge in [-0.15, -0.1) is 0 Å². The Morgan fingerprint density at radius 1 is 1.12 bits per heavy atom. The number of allylic oxidation sites excluding steroid dienone is 2. The Bertz CT molecular complexity index is 602. The van der Waals surface area contributed by atoms with Crippen molar-refractivity contribution in [3.05, 3.63) is 47.2 Å². The van der Waals surface area contributed by atoms with Gasteiger partial charge in [0, 0.05) is 37.1 Å². The maximum absolute atomic E-state index is 12.2. The van der Waals surface area contributed by atoms with Crippen molar-refractivity contribution in [2.75, 3.05) is 13.6 Å². The van der Waals surface area contributed by atoms with Crippen LogP contribution in [0.5, 0.6) is 0 Å². The Hall–Kier alpha value is -2.30. The van der Waals surface area contributed by atoms with Crippen LogP contribution in [0.3, 0.4) is 0 Å². The summed E-state index contributed by atoms with van der Waals surface area (Å²) in [7, 11) is 1.85. The maximum Gasteiger partial charge on any atom is 0.214 e. The van der Waals surface area contributed by atoms with Gasteiger partial charge in [0.1, 0.15) is 11.4 Å². The number of Topliss-reactive ketones (excluding diaryl/α,β-unsaturated/α-hetero) is 2. The molecule has 0 unspecified atom stereocenters. The Kier molecular flexibility index (Phi) is 1.95. The lowest BCUT2D eigenvalue weighted by atomic mass is 9.88. The zero-order valence-electron chi connectivity index (χ0n) is 9.17. The van der Waals surface area contributed by atoms with Gasteiger partial charge >= 0.3 is 0 Å². The quantitative estimate of drug-likeness (QED) is 0.649. The first-order valence-electron chi connectivity index (χ1n) is 5.20. The van der Waals surface area contributed by atoms with Crippen molar-refractivity contribution in [1.82, 2.24) is 14.9 Å². The van der Waals surface area contributed by atoms with E-state index >= 15 is 0 Å². The summed E-state index contributed by atoms with van der Waals surface area (Å²) in [4.78, 5) is 34.0. The number of carbonyl (C=O) groups is 2. The van der Waals surface area contributed by atoms with E-state index in [-0.39, 0.29) is 23.0 Å². The lowest BCUT2D eigenvalue weighted by Crippen LogP contribution is -2.31. The summed E-state index contributed by atoms with van der Waals surface area (Å²) in [6.45, 7) is 0.437. The second-order valence-electron chi connectivity index (χ2n) is 4.03. The monoisotopic (exact) mass is 227 g/mol. The van der Waals surface area contributed by atoms with E-state index < -0.39 is 0 Å². The number of nitrogens with zero attached hydrogens (tertiary/aromatic N) is 3. The van der Waals surface area contributed by atoms with Crippen LogP contribution in [0.4, 0.5) is 0 Å². The zero-order valence-corrected chi connectivity index (χ0v) is 9.17. The Balaban J connectivity index is 2.21. The van der Waals surface area contributed by atoms with Gasteiger partial charge in [0.2, 0.25) is 11.6 Å². The van der Waals surface area contributed by atoms with E-state index in [1.165, 1.54) is 12.4 Å². The van der Waals surface area contributed by atoms with E-state index in [0.29, 0.717) is 17.7 Å². The number of carbonyl (C=O) groups excluding carboxylic acids is 2. The molecule has 0 bridgehead atoms. The van der Waals surface area contributed by atoms with Crippen molar-refractivity contribution < 1.29 is 9.59 Å². The number of fused-ring (bicyclic) bond motifs is 1. The Morgan fingerprint density at radius 3 is 2.47 bits per heavy atom. The molecule has 1 aliphatic carbocycles. The van der Waals surface area contributed by atoms with E-state index in [4.69, 9.17) is 0 Å². The molecule has 5 heteroatoms. The first-order chi connectivity index (χ1) is 8.18. The van der Waals surface area contributed by atoms with E-state index in [0.717, 1.165) is 0 Å². The Morgan fingerprint density at radius 2 is 1.76 bits per heavy atom. The third-order valence-electron chi connectivity index (χ3n) is 2.88. The van der Waals surface area contributed by atoms with Crippen molar-refractivity contribution in [3.63, 3.8) is 0 Å². The molecule has 84 valence electrons. The van der Waals surface area contributed by atoms with Gasteiger partial charge in [0.25, 0.3) is 0 Å². The maximum atomic E-state index is 12.2. The highest BCUT2D eigenvalue weighted by Crippen LogP contribution is 2.27. The first kappa shape index (κ1) is 9.89. The fourth-order valence-corrected chi connectivity index (χ4v) is 2.04. The summed E-state index contributed by atoms with van der Waals surface area (Å²) in [5, 5.41) is 0. The second-order valence-corrected chi connectivity index (χ2v) is 4.03. The molecule has 5 nitrogen and oxygen atoms in total. The standard InChI is InChI=1S/C12H9N3O2/c1-15-5-2-7-8(6-15)12(17)10-9(11(7)16)13-3-4-14-10/h2-5H,6H2,1H3. The summed E-state index contributed by atoms with van der Waals surface area (Å²) in [5.74, 6) is -0.411. The molecule has 1 aromatic rings. The molecule has 0 radical (unpaired) electrons. The molecule has 2 aliphatic rings. The lowest BCUT2D eigenvalue weighted by molar-refractivity contribution is 0.0963. The predicted molar refractivity (Wildman–Crippen MR) is 59.5 cm³/mol. The number of rotatable bonds is 0. The number of hydrogen-bond acceptors (Lipinski definition) is 5. The van der Waals surface area contributed by atoms with E-state index in [1.54, 1.807) is 12.3 Å². The first-order valence-corrected chi connectivity index (χ1v) is 5.20. The Labute approximate surface area is 97.5 Å². The molecule has 2 heterocycles. The molecular formula is C12H9N3O2. The second kappa shape index (κ2) is 3.35. The van der Waals surface area contributed by atoms with E-state index in [1.807, 2.05) is 11.9 Å². The zero-order chi connectivity index (χ0) is 12.0. The fourth-order valence-electron chi connectivity index (χ4n) is 2.04. The minimum absolute atomic E-state index is 0.158. The van der Waals surface area contributed by atoms with Crippen LogP contribution in [-0.2, 0) is 0 Å². The molecule has 0 aromatic carbocycles. The summed E-state index contributed by atoms with van der Waals surface area (Å²) in [6.07, 6.45) is 6.30. The highest BCUT2D eigenvalue weighted by molar-refractivity contribution is 6.26. The van der Waals surface area contributed by atoms with Gasteiger partial charge in [-0.2, -0.15) is 0 Å². The topological polar surface area (TPSA) is 63.2 Å². The van der Waals surface area contributed by atoms with Crippen LogP contribution >= 0.6 is 0 Å². The molecule has 0 amide bonds. The summed E-state index contributed by atoms with van der Waals surface area (Å²) in [6, 6.07) is 0. The van der Waals surface area contributed by atoms with Crippen LogP contribution in [0, 0.1) is 0 Å². The number of ketones is 2. The average molecular weight is 227 g/mol. The van der Waals surface area contributed by atoms with Crippen LogP contribution in [0.15, 0.2) is 35.8 Å². The van der Waals surface area contributed by atoms with E-state index in [2.05, 4.69) is 9.97 Å². The van der Waals surface area contributed by atoms with Crippen LogP contribution in [-0.4, -0.2) is 40.0 Å². The van der Waals surface area contributed by atoms with Crippen LogP contribution in [0.1, 0.15) is 21.0 Å². The fraction of sp³-hybridized carbons (Fsp3) is 0.167. The van der Waals surface area contributed by atoms with Crippen molar-refractivity contribution in [2.45, 2.75) is 0 Å². The molecule has 0 atom stereocenters. The van der Waals surface area contributed by atoms with Crippen molar-refractivity contribution in [2.24, 2.45) is 0 Å². The molecule has 0 saturated heterocycles. The predicted octanol–water partition coefficient (Wildman–Crippen LogP) is 0.611. The van der Waals surface area contributed by atoms with Crippen molar-refractivity contribution in [1.29, 1.82) is 0 Å². The van der Waals surface area contributed by atoms with E-state index in [9.17, 15) is 9.59 Å². The number of aromatic nitrogens is 2. The molecule has 1 aliphatic heterocycles. The normalized spacial score (nSPS) is 18.3. The minimum atomic E-state index is -0.216. The molecule has 0 saturated carbocycles. The van der Waals surface area contributed by atoms with Crippen molar-refractivity contribution >= 4 is 11.6 Å². The summed E-state index contributed by atoms with van der Waals surface area (Å²) in [5.41, 5.74) is 1.28. The largest absolute Gasteiger partial charge is 0.376 e. The van der Waals surface area contributed by atoms with Crippen LogP contribution in [0.25, 0.3) is 0 Å². The summed E-state index contributed by atoms with van der Waals surface area (Å²) < 4.78 is 0. The number of likely N-dealkylation sites (N-methyl/N-ethyl adjacent to an activating group) is 1. The molecule has 0 spiro atoms. The van der Waals surface area contributed by atoms with Gasteiger partial charge in [-0.25, -0.2) is 9.97 Å². The van der Waals surface area contributed by atoms with Gasteiger partial charge in [-0.1, -0.05) is 0 Å². The summed E-state index contributed by atoms with van der Waals surface area (Å²) >= 11 is 0. The van der Waals surface area contributed by atoms with Gasteiger partial charge < -0.3 is 4.90 Å². The van der Waals surface area contributed by atoms with Crippen LogP contribution < -0.4 is 0 Å². The van der Waals surface area contributed by atoms with Gasteiger partial charge in [0.15, 0.2) is 0 Å². The number of hydrogen-bond donors (Lipinski definition) is 0.